The number of likely N-dealkylation sites (N-methyl/N-ethyl adjacent to an activating group) is 1. The molecule has 0 aliphatic carbocycles. The second-order valence-corrected chi connectivity index (χ2v) is 5.91. The van der Waals surface area contributed by atoms with Gasteiger partial charge in [-0.25, -0.2) is 0 Å². The van der Waals surface area contributed by atoms with Crippen molar-refractivity contribution in [1.82, 2.24) is 20.4 Å². The van der Waals surface area contributed by atoms with Crippen molar-refractivity contribution >= 4 is 11.7 Å². The molecule has 1 N–H and O–H groups in total. The lowest BCUT2D eigenvalue weighted by molar-refractivity contribution is 0.0853. The summed E-state index contributed by atoms with van der Waals surface area (Å²) in [5.41, 5.74) is 0.357. The van der Waals surface area contributed by atoms with Crippen molar-refractivity contribution in [2.45, 2.75) is 18.9 Å². The van der Waals surface area contributed by atoms with Gasteiger partial charge in [-0.15, -0.1) is 10.2 Å². The maximum atomic E-state index is 12.0. The maximum absolute atomic E-state index is 12.0. The Hall–Kier alpha value is -1.73. The van der Waals surface area contributed by atoms with Gasteiger partial charge in [0, 0.05) is 39.3 Å². The van der Waals surface area contributed by atoms with Crippen LogP contribution in [0.1, 0.15) is 23.3 Å². The lowest BCUT2D eigenvalue weighted by atomic mass is 10.2. The summed E-state index contributed by atoms with van der Waals surface area (Å²) in [6.07, 6.45) is 2.22. The van der Waals surface area contributed by atoms with E-state index in [1.807, 2.05) is 6.07 Å². The largest absolute Gasteiger partial charge is 0.376 e. The molecule has 1 aromatic heterocycles. The lowest BCUT2D eigenvalue weighted by Gasteiger charge is -2.32. The number of piperazine rings is 1. The molecule has 120 valence electrons. The molecule has 0 saturated carbocycles. The first kappa shape index (κ1) is 15.2. The average molecular weight is 305 g/mol. The summed E-state index contributed by atoms with van der Waals surface area (Å²) in [5, 5.41) is 11.1. The molecule has 0 spiro atoms. The van der Waals surface area contributed by atoms with Gasteiger partial charge < -0.3 is 19.9 Å². The van der Waals surface area contributed by atoms with Crippen molar-refractivity contribution in [3.8, 4) is 0 Å². The summed E-state index contributed by atoms with van der Waals surface area (Å²) in [5.74, 6) is 0.650. The predicted molar refractivity (Wildman–Crippen MR) is 83.0 cm³/mol. The second kappa shape index (κ2) is 7.02. The van der Waals surface area contributed by atoms with Crippen LogP contribution < -0.4 is 10.2 Å². The van der Waals surface area contributed by atoms with Crippen LogP contribution >= 0.6 is 0 Å². The standard InChI is InChI=1S/C15H23N5O2/c1-19-6-8-20(9-7-19)14-5-4-13(17-18-14)15(21)16-11-12-3-2-10-22-12/h4-5,12H,2-3,6-11H2,1H3,(H,16,21). The summed E-state index contributed by atoms with van der Waals surface area (Å²) in [4.78, 5) is 16.5. The smallest absolute Gasteiger partial charge is 0.271 e. The van der Waals surface area contributed by atoms with Crippen LogP contribution in [0.15, 0.2) is 12.1 Å². The van der Waals surface area contributed by atoms with Gasteiger partial charge in [-0.2, -0.15) is 0 Å². The van der Waals surface area contributed by atoms with Gasteiger partial charge in [0.2, 0.25) is 0 Å². The van der Waals surface area contributed by atoms with Crippen LogP contribution in [-0.4, -0.2) is 73.5 Å². The minimum Gasteiger partial charge on any atom is -0.376 e. The number of aromatic nitrogens is 2. The Balaban J connectivity index is 1.53. The van der Waals surface area contributed by atoms with E-state index < -0.39 is 0 Å². The summed E-state index contributed by atoms with van der Waals surface area (Å²) >= 11 is 0. The maximum Gasteiger partial charge on any atom is 0.271 e. The first-order chi connectivity index (χ1) is 10.7. The van der Waals surface area contributed by atoms with Gasteiger partial charge in [0.1, 0.15) is 0 Å². The molecule has 1 amide bonds. The van der Waals surface area contributed by atoms with E-state index in [9.17, 15) is 4.79 Å². The molecule has 1 unspecified atom stereocenters. The van der Waals surface area contributed by atoms with Gasteiger partial charge in [0.15, 0.2) is 11.5 Å². The van der Waals surface area contributed by atoms with E-state index in [-0.39, 0.29) is 12.0 Å². The fourth-order valence-corrected chi connectivity index (χ4v) is 2.75. The fourth-order valence-electron chi connectivity index (χ4n) is 2.75. The van der Waals surface area contributed by atoms with Gasteiger partial charge in [-0.3, -0.25) is 4.79 Å². The van der Waals surface area contributed by atoms with E-state index >= 15 is 0 Å². The molecule has 0 aromatic carbocycles. The van der Waals surface area contributed by atoms with E-state index in [1.165, 1.54) is 0 Å². The fraction of sp³-hybridized carbons (Fsp3) is 0.667. The van der Waals surface area contributed by atoms with Crippen molar-refractivity contribution in [2.75, 3.05) is 51.3 Å². The molecule has 0 bridgehead atoms. The summed E-state index contributed by atoms with van der Waals surface area (Å²) in [6, 6.07) is 3.62. The van der Waals surface area contributed by atoms with Crippen LogP contribution in [0.25, 0.3) is 0 Å². The Bertz CT molecular complexity index is 493. The van der Waals surface area contributed by atoms with Crippen LogP contribution in [0.2, 0.25) is 0 Å². The van der Waals surface area contributed by atoms with E-state index in [4.69, 9.17) is 4.74 Å². The molecule has 2 aliphatic heterocycles. The van der Waals surface area contributed by atoms with Crippen LogP contribution in [0.4, 0.5) is 5.82 Å². The minimum absolute atomic E-state index is 0.140. The van der Waals surface area contributed by atoms with Crippen molar-refractivity contribution in [3.05, 3.63) is 17.8 Å². The summed E-state index contributed by atoms with van der Waals surface area (Å²) < 4.78 is 5.48. The molecule has 2 aliphatic rings. The normalized spacial score (nSPS) is 22.8. The molecule has 3 heterocycles. The zero-order valence-corrected chi connectivity index (χ0v) is 13.0. The van der Waals surface area contributed by atoms with Crippen LogP contribution in [0.5, 0.6) is 0 Å². The number of ether oxygens (including phenoxy) is 1. The van der Waals surface area contributed by atoms with Gasteiger partial charge in [-0.1, -0.05) is 0 Å². The van der Waals surface area contributed by atoms with Gasteiger partial charge in [-0.05, 0) is 32.0 Å². The molecular weight excluding hydrogens is 282 g/mol. The van der Waals surface area contributed by atoms with E-state index in [2.05, 4.69) is 32.4 Å². The van der Waals surface area contributed by atoms with Gasteiger partial charge in [0.05, 0.1) is 6.10 Å². The van der Waals surface area contributed by atoms with Gasteiger partial charge >= 0.3 is 0 Å². The molecule has 1 aromatic rings. The number of hydrogen-bond donors (Lipinski definition) is 1. The minimum atomic E-state index is -0.187. The number of carbonyl (C=O) groups is 1. The third-order valence-electron chi connectivity index (χ3n) is 4.22. The first-order valence-corrected chi connectivity index (χ1v) is 7.89. The number of nitrogens with zero attached hydrogens (tertiary/aromatic N) is 4. The molecular formula is C15H23N5O2. The Kier molecular flexibility index (Phi) is 4.84. The number of anilines is 1. The predicted octanol–water partition coefficient (Wildman–Crippen LogP) is 0.137. The Morgan fingerprint density at radius 2 is 2.14 bits per heavy atom. The average Bonchev–Trinajstić information content (AvgIpc) is 3.07. The monoisotopic (exact) mass is 305 g/mol. The van der Waals surface area contributed by atoms with Gasteiger partial charge in [0.25, 0.3) is 5.91 Å². The number of carbonyl (C=O) groups excluding carboxylic acids is 1. The second-order valence-electron chi connectivity index (χ2n) is 5.91. The summed E-state index contributed by atoms with van der Waals surface area (Å²) in [6.45, 7) is 5.25. The highest BCUT2D eigenvalue weighted by Crippen LogP contribution is 2.13. The molecule has 2 saturated heterocycles. The number of hydrogen-bond acceptors (Lipinski definition) is 6. The topological polar surface area (TPSA) is 70.6 Å². The van der Waals surface area contributed by atoms with Crippen LogP contribution in [0, 0.1) is 0 Å². The van der Waals surface area contributed by atoms with Crippen LogP contribution in [0.3, 0.4) is 0 Å². The van der Waals surface area contributed by atoms with Crippen molar-refractivity contribution < 1.29 is 9.53 Å². The Morgan fingerprint density at radius 1 is 1.32 bits per heavy atom. The first-order valence-electron chi connectivity index (χ1n) is 7.89. The van der Waals surface area contributed by atoms with E-state index in [0.29, 0.717) is 12.2 Å². The Morgan fingerprint density at radius 3 is 2.77 bits per heavy atom. The highest BCUT2D eigenvalue weighted by atomic mass is 16.5. The zero-order chi connectivity index (χ0) is 15.4. The van der Waals surface area contributed by atoms with Crippen molar-refractivity contribution in [3.63, 3.8) is 0 Å². The van der Waals surface area contributed by atoms with E-state index in [0.717, 1.165) is 51.4 Å². The van der Waals surface area contributed by atoms with E-state index in [1.54, 1.807) is 6.07 Å². The molecule has 1 atom stereocenters. The Labute approximate surface area is 130 Å². The molecule has 7 nitrogen and oxygen atoms in total. The molecule has 22 heavy (non-hydrogen) atoms. The highest BCUT2D eigenvalue weighted by Gasteiger charge is 2.19. The number of rotatable bonds is 4. The molecule has 3 rings (SSSR count). The molecule has 0 radical (unpaired) electrons. The van der Waals surface area contributed by atoms with Crippen LogP contribution in [-0.2, 0) is 4.74 Å². The zero-order valence-electron chi connectivity index (χ0n) is 13.0. The third kappa shape index (κ3) is 3.72. The SMILES string of the molecule is CN1CCN(c2ccc(C(=O)NCC3CCCO3)nn2)CC1. The quantitative estimate of drug-likeness (QED) is 0.853. The molecule has 2 fully saturated rings. The lowest BCUT2D eigenvalue weighted by Crippen LogP contribution is -2.45. The third-order valence-corrected chi connectivity index (χ3v) is 4.22. The number of amides is 1. The van der Waals surface area contributed by atoms with Crippen molar-refractivity contribution in [2.24, 2.45) is 0 Å². The molecule has 7 heteroatoms. The highest BCUT2D eigenvalue weighted by molar-refractivity contribution is 5.92. The summed E-state index contributed by atoms with van der Waals surface area (Å²) in [7, 11) is 2.12. The van der Waals surface area contributed by atoms with Crippen molar-refractivity contribution in [1.29, 1.82) is 0 Å². The number of nitrogens with one attached hydrogen (secondary N) is 1.